The Balaban J connectivity index is 1.98. The predicted octanol–water partition coefficient (Wildman–Crippen LogP) is 1.21. The summed E-state index contributed by atoms with van der Waals surface area (Å²) in [6, 6.07) is 0. The van der Waals surface area contributed by atoms with E-state index in [1.54, 1.807) is 10.9 Å². The van der Waals surface area contributed by atoms with E-state index in [-0.39, 0.29) is 12.0 Å². The molecule has 1 N–H and O–H groups in total. The lowest BCUT2D eigenvalue weighted by Crippen LogP contribution is -2.31. The molecule has 2 rings (SSSR count). The Labute approximate surface area is 113 Å². The topological polar surface area (TPSA) is 65.4 Å². The molecular weight excluding hydrogens is 246 g/mol. The summed E-state index contributed by atoms with van der Waals surface area (Å²) in [5.74, 6) is 0.243. The van der Waals surface area contributed by atoms with E-state index < -0.39 is 0 Å². The van der Waals surface area contributed by atoms with Crippen LogP contribution in [0.5, 0.6) is 5.88 Å². The first-order valence-corrected chi connectivity index (χ1v) is 6.84. The van der Waals surface area contributed by atoms with Gasteiger partial charge in [0.2, 0.25) is 5.88 Å². The van der Waals surface area contributed by atoms with Crippen LogP contribution < -0.4 is 10.1 Å². The zero-order valence-corrected chi connectivity index (χ0v) is 11.5. The highest BCUT2D eigenvalue weighted by molar-refractivity contribution is 5.96. The normalized spacial score (nSPS) is 18.5. The second-order valence-electron chi connectivity index (χ2n) is 4.48. The Morgan fingerprint density at radius 1 is 1.63 bits per heavy atom. The summed E-state index contributed by atoms with van der Waals surface area (Å²) in [6.45, 7) is 6.38. The molecule has 6 nitrogen and oxygen atoms in total. The second-order valence-corrected chi connectivity index (χ2v) is 4.48. The molecule has 1 unspecified atom stereocenters. The largest absolute Gasteiger partial charge is 0.476 e. The number of aryl methyl sites for hydroxylation is 1. The summed E-state index contributed by atoms with van der Waals surface area (Å²) < 4.78 is 12.6. The highest BCUT2D eigenvalue weighted by Gasteiger charge is 2.20. The van der Waals surface area contributed by atoms with Crippen LogP contribution in [0.4, 0.5) is 0 Å². The summed E-state index contributed by atoms with van der Waals surface area (Å²) >= 11 is 0. The van der Waals surface area contributed by atoms with Crippen molar-refractivity contribution in [2.45, 2.75) is 39.3 Å². The molecule has 0 spiro atoms. The van der Waals surface area contributed by atoms with Gasteiger partial charge in [-0.25, -0.2) is 0 Å². The number of ether oxygens (including phenoxy) is 2. The van der Waals surface area contributed by atoms with Crippen molar-refractivity contribution in [2.75, 3.05) is 19.8 Å². The molecule has 106 valence electrons. The molecule has 0 bridgehead atoms. The number of carbonyl (C=O) groups excluding carboxylic acids is 1. The fourth-order valence-corrected chi connectivity index (χ4v) is 2.07. The minimum atomic E-state index is -0.154. The van der Waals surface area contributed by atoms with Crippen molar-refractivity contribution >= 4 is 5.91 Å². The molecule has 0 aliphatic carbocycles. The van der Waals surface area contributed by atoms with Gasteiger partial charge < -0.3 is 14.8 Å². The Morgan fingerprint density at radius 2 is 2.47 bits per heavy atom. The van der Waals surface area contributed by atoms with Crippen LogP contribution in [0.1, 0.15) is 37.0 Å². The molecule has 1 atom stereocenters. The monoisotopic (exact) mass is 267 g/mol. The molecule has 1 fully saturated rings. The van der Waals surface area contributed by atoms with Crippen LogP contribution in [0, 0.1) is 0 Å². The predicted molar refractivity (Wildman–Crippen MR) is 70.4 cm³/mol. The molecule has 0 aromatic carbocycles. The summed E-state index contributed by atoms with van der Waals surface area (Å²) in [6.07, 6.45) is 3.93. The third-order valence-electron chi connectivity index (χ3n) is 3.09. The van der Waals surface area contributed by atoms with Gasteiger partial charge in [0.05, 0.1) is 12.7 Å². The molecule has 0 radical (unpaired) electrons. The Hall–Kier alpha value is -1.56. The smallest absolute Gasteiger partial charge is 0.258 e. The van der Waals surface area contributed by atoms with Crippen LogP contribution >= 0.6 is 0 Å². The second kappa shape index (κ2) is 6.56. The van der Waals surface area contributed by atoms with Gasteiger partial charge in [0, 0.05) is 25.9 Å². The maximum Gasteiger partial charge on any atom is 0.258 e. The van der Waals surface area contributed by atoms with Crippen LogP contribution in [-0.2, 0) is 11.3 Å². The van der Waals surface area contributed by atoms with Crippen molar-refractivity contribution in [3.05, 3.63) is 11.8 Å². The minimum absolute atomic E-state index is 0.140. The van der Waals surface area contributed by atoms with E-state index in [0.717, 1.165) is 19.4 Å². The Morgan fingerprint density at radius 3 is 3.11 bits per heavy atom. The van der Waals surface area contributed by atoms with Gasteiger partial charge in [-0.2, -0.15) is 0 Å². The van der Waals surface area contributed by atoms with E-state index in [0.29, 0.717) is 31.1 Å². The molecule has 1 aliphatic rings. The number of aromatic nitrogens is 2. The van der Waals surface area contributed by atoms with Gasteiger partial charge in [0.25, 0.3) is 5.91 Å². The van der Waals surface area contributed by atoms with E-state index in [1.165, 1.54) is 0 Å². The van der Waals surface area contributed by atoms with Crippen molar-refractivity contribution < 1.29 is 14.3 Å². The van der Waals surface area contributed by atoms with Crippen LogP contribution in [-0.4, -0.2) is 41.6 Å². The third-order valence-corrected chi connectivity index (χ3v) is 3.09. The minimum Gasteiger partial charge on any atom is -0.476 e. The molecule has 6 heteroatoms. The fourth-order valence-electron chi connectivity index (χ4n) is 2.07. The molecule has 1 aromatic rings. The van der Waals surface area contributed by atoms with Gasteiger partial charge >= 0.3 is 0 Å². The summed E-state index contributed by atoms with van der Waals surface area (Å²) in [5, 5.41) is 7.10. The molecule has 19 heavy (non-hydrogen) atoms. The highest BCUT2D eigenvalue weighted by Crippen LogP contribution is 2.16. The van der Waals surface area contributed by atoms with E-state index in [4.69, 9.17) is 9.47 Å². The first kappa shape index (κ1) is 13.9. The maximum atomic E-state index is 12.1. The zero-order valence-electron chi connectivity index (χ0n) is 11.5. The maximum absolute atomic E-state index is 12.1. The van der Waals surface area contributed by atoms with Crippen LogP contribution in [0.25, 0.3) is 0 Å². The van der Waals surface area contributed by atoms with Crippen LogP contribution in [0.15, 0.2) is 6.20 Å². The first-order valence-electron chi connectivity index (χ1n) is 6.84. The number of nitrogens with zero attached hydrogens (tertiary/aromatic N) is 2. The molecular formula is C13H21N3O3. The van der Waals surface area contributed by atoms with Crippen molar-refractivity contribution in [1.82, 2.24) is 15.1 Å². The number of hydrogen-bond acceptors (Lipinski definition) is 4. The zero-order chi connectivity index (χ0) is 13.7. The number of amides is 1. The van der Waals surface area contributed by atoms with E-state index >= 15 is 0 Å². The van der Waals surface area contributed by atoms with Gasteiger partial charge in [-0.15, -0.1) is 5.10 Å². The SMILES string of the molecule is CCOc1nn(CC)cc1C(=O)NCC1CCCO1. The lowest BCUT2D eigenvalue weighted by molar-refractivity contribution is 0.0854. The highest BCUT2D eigenvalue weighted by atomic mass is 16.5. The molecule has 1 saturated heterocycles. The van der Waals surface area contributed by atoms with Gasteiger partial charge in [-0.05, 0) is 26.7 Å². The quantitative estimate of drug-likeness (QED) is 0.841. The fraction of sp³-hybridized carbons (Fsp3) is 0.692. The van der Waals surface area contributed by atoms with E-state index in [2.05, 4.69) is 10.4 Å². The third kappa shape index (κ3) is 3.47. The first-order chi connectivity index (χ1) is 9.24. The van der Waals surface area contributed by atoms with Crippen molar-refractivity contribution in [3.8, 4) is 5.88 Å². The molecule has 0 saturated carbocycles. The van der Waals surface area contributed by atoms with Gasteiger partial charge in [-0.1, -0.05) is 0 Å². The summed E-state index contributed by atoms with van der Waals surface area (Å²) in [4.78, 5) is 12.1. The number of carbonyl (C=O) groups is 1. The van der Waals surface area contributed by atoms with E-state index in [1.807, 2.05) is 13.8 Å². The molecule has 2 heterocycles. The summed E-state index contributed by atoms with van der Waals surface area (Å²) in [7, 11) is 0. The number of rotatable bonds is 6. The van der Waals surface area contributed by atoms with Crippen LogP contribution in [0.2, 0.25) is 0 Å². The molecule has 1 aromatic heterocycles. The summed E-state index contributed by atoms with van der Waals surface area (Å²) in [5.41, 5.74) is 0.488. The number of nitrogens with one attached hydrogen (secondary N) is 1. The van der Waals surface area contributed by atoms with Gasteiger partial charge in [0.15, 0.2) is 0 Å². The average molecular weight is 267 g/mol. The Bertz CT molecular complexity index is 425. The van der Waals surface area contributed by atoms with Crippen LogP contribution in [0.3, 0.4) is 0 Å². The van der Waals surface area contributed by atoms with E-state index in [9.17, 15) is 4.79 Å². The van der Waals surface area contributed by atoms with Crippen molar-refractivity contribution in [1.29, 1.82) is 0 Å². The lowest BCUT2D eigenvalue weighted by Gasteiger charge is -2.10. The Kier molecular flexibility index (Phi) is 4.79. The van der Waals surface area contributed by atoms with Gasteiger partial charge in [-0.3, -0.25) is 9.48 Å². The standard InChI is InChI=1S/C13H21N3O3/c1-3-16-9-11(13(15-16)18-4-2)12(17)14-8-10-6-5-7-19-10/h9-10H,3-8H2,1-2H3,(H,14,17). The van der Waals surface area contributed by atoms with Gasteiger partial charge in [0.1, 0.15) is 5.56 Å². The molecule has 1 aliphatic heterocycles. The average Bonchev–Trinajstić information content (AvgIpc) is 3.05. The van der Waals surface area contributed by atoms with Crippen molar-refractivity contribution in [2.24, 2.45) is 0 Å². The lowest BCUT2D eigenvalue weighted by atomic mass is 10.2. The van der Waals surface area contributed by atoms with Crippen molar-refractivity contribution in [3.63, 3.8) is 0 Å². The molecule has 1 amide bonds. The number of hydrogen-bond donors (Lipinski definition) is 1.